The molecular weight excluding hydrogens is 474 g/mol. The van der Waals surface area contributed by atoms with Crippen LogP contribution in [-0.2, 0) is 20.7 Å². The molecule has 9 heteroatoms. The molecule has 0 bridgehead atoms. The predicted octanol–water partition coefficient (Wildman–Crippen LogP) is 3.96. The number of nitrogens with zero attached hydrogens (tertiary/aromatic N) is 1. The highest BCUT2D eigenvalue weighted by Gasteiger charge is 2.36. The smallest absolute Gasteiger partial charge is 0.408 e. The largest absolute Gasteiger partial charge is 0.508 e. The van der Waals surface area contributed by atoms with Crippen LogP contribution < -0.4 is 10.6 Å². The Morgan fingerprint density at radius 1 is 1.00 bits per heavy atom. The first-order chi connectivity index (χ1) is 17.2. The van der Waals surface area contributed by atoms with Crippen molar-refractivity contribution >= 4 is 17.9 Å². The van der Waals surface area contributed by atoms with Crippen molar-refractivity contribution in [1.82, 2.24) is 15.5 Å². The fourth-order valence-electron chi connectivity index (χ4n) is 3.87. The van der Waals surface area contributed by atoms with Gasteiger partial charge in [-0.1, -0.05) is 18.2 Å². The van der Waals surface area contributed by atoms with Gasteiger partial charge < -0.3 is 30.5 Å². The van der Waals surface area contributed by atoms with Crippen molar-refractivity contribution in [3.63, 3.8) is 0 Å². The molecule has 2 atom stereocenters. The molecule has 2 rings (SSSR count). The van der Waals surface area contributed by atoms with E-state index in [1.807, 2.05) is 13.8 Å². The lowest BCUT2D eigenvalue weighted by molar-refractivity contribution is -0.142. The molecule has 2 aromatic carbocycles. The fraction of sp³-hybridized carbons (Fsp3) is 0.464. The van der Waals surface area contributed by atoms with Crippen LogP contribution in [0.5, 0.6) is 11.5 Å². The second-order valence-electron chi connectivity index (χ2n) is 10.3. The van der Waals surface area contributed by atoms with Crippen LogP contribution in [0.4, 0.5) is 4.79 Å². The molecule has 0 heterocycles. The van der Waals surface area contributed by atoms with Gasteiger partial charge in [-0.2, -0.15) is 0 Å². The fourth-order valence-corrected chi connectivity index (χ4v) is 3.87. The number of phenolic OH excluding ortho intramolecular Hbond substituents is 2. The zero-order valence-electron chi connectivity index (χ0n) is 22.7. The van der Waals surface area contributed by atoms with Crippen molar-refractivity contribution in [3.05, 3.63) is 59.2 Å². The van der Waals surface area contributed by atoms with Crippen LogP contribution in [0.1, 0.15) is 64.3 Å². The van der Waals surface area contributed by atoms with E-state index in [1.54, 1.807) is 58.9 Å². The van der Waals surface area contributed by atoms with E-state index in [2.05, 4.69) is 10.6 Å². The number of aromatic hydroxyl groups is 2. The van der Waals surface area contributed by atoms with Crippen molar-refractivity contribution in [3.8, 4) is 11.5 Å². The van der Waals surface area contributed by atoms with E-state index in [-0.39, 0.29) is 36.4 Å². The number of ether oxygens (including phenoxy) is 1. The summed E-state index contributed by atoms with van der Waals surface area (Å²) in [7, 11) is 0. The van der Waals surface area contributed by atoms with Crippen LogP contribution in [0.2, 0.25) is 0 Å². The monoisotopic (exact) mass is 513 g/mol. The molecular formula is C28H39N3O6. The van der Waals surface area contributed by atoms with E-state index in [4.69, 9.17) is 4.74 Å². The van der Waals surface area contributed by atoms with E-state index in [0.717, 1.165) is 0 Å². The number of carbonyl (C=O) groups excluding carboxylic acids is 3. The summed E-state index contributed by atoms with van der Waals surface area (Å²) < 4.78 is 5.39. The average Bonchev–Trinajstić information content (AvgIpc) is 2.78. The summed E-state index contributed by atoms with van der Waals surface area (Å²) in [5.41, 5.74) is 1.02. The highest BCUT2D eigenvalue weighted by molar-refractivity contribution is 5.92. The molecule has 0 fully saturated rings. The van der Waals surface area contributed by atoms with Gasteiger partial charge in [-0.25, -0.2) is 4.79 Å². The molecule has 2 aromatic rings. The quantitative estimate of drug-likeness (QED) is 0.402. The van der Waals surface area contributed by atoms with E-state index in [1.165, 1.54) is 23.1 Å². The zero-order valence-corrected chi connectivity index (χ0v) is 22.7. The van der Waals surface area contributed by atoms with Gasteiger partial charge in [0.15, 0.2) is 0 Å². The minimum atomic E-state index is -1.05. The van der Waals surface area contributed by atoms with Crippen LogP contribution in [0.25, 0.3) is 0 Å². The second-order valence-corrected chi connectivity index (χ2v) is 10.3. The third kappa shape index (κ3) is 8.70. The Hall–Kier alpha value is -3.75. The third-order valence-electron chi connectivity index (χ3n) is 5.52. The van der Waals surface area contributed by atoms with Gasteiger partial charge in [0.25, 0.3) is 0 Å². The third-order valence-corrected chi connectivity index (χ3v) is 5.52. The van der Waals surface area contributed by atoms with Crippen molar-refractivity contribution in [1.29, 1.82) is 0 Å². The number of aryl methyl sites for hydroxylation is 1. The average molecular weight is 514 g/mol. The van der Waals surface area contributed by atoms with E-state index < -0.39 is 29.7 Å². The van der Waals surface area contributed by atoms with Gasteiger partial charge in [-0.3, -0.25) is 9.59 Å². The molecule has 0 aliphatic rings. The number of likely N-dealkylation sites (N-methyl/N-ethyl adjacent to an activating group) is 1. The van der Waals surface area contributed by atoms with Gasteiger partial charge in [0.1, 0.15) is 29.2 Å². The minimum absolute atomic E-state index is 0.0787. The van der Waals surface area contributed by atoms with E-state index in [9.17, 15) is 24.6 Å². The van der Waals surface area contributed by atoms with Gasteiger partial charge in [0.2, 0.25) is 11.8 Å². The molecule has 4 N–H and O–H groups in total. The van der Waals surface area contributed by atoms with Crippen LogP contribution in [-0.4, -0.2) is 57.3 Å². The van der Waals surface area contributed by atoms with E-state index in [0.29, 0.717) is 16.7 Å². The van der Waals surface area contributed by atoms with Crippen LogP contribution >= 0.6 is 0 Å². The highest BCUT2D eigenvalue weighted by atomic mass is 16.6. The molecule has 0 spiro atoms. The molecule has 0 aliphatic heterocycles. The molecule has 2 unspecified atom stereocenters. The number of nitrogens with one attached hydrogen (secondary N) is 2. The lowest BCUT2D eigenvalue weighted by Crippen LogP contribution is -2.54. The molecule has 3 amide bonds. The van der Waals surface area contributed by atoms with Gasteiger partial charge >= 0.3 is 6.09 Å². The first-order valence-electron chi connectivity index (χ1n) is 12.4. The maximum atomic E-state index is 14.0. The normalized spacial score (nSPS) is 13.0. The number of rotatable bonds is 9. The molecule has 0 saturated carbocycles. The lowest BCUT2D eigenvalue weighted by Gasteiger charge is -2.34. The number of alkyl carbamates (subject to hydrolysis) is 1. The predicted molar refractivity (Wildman–Crippen MR) is 141 cm³/mol. The Balaban J connectivity index is 2.50. The number of benzene rings is 2. The van der Waals surface area contributed by atoms with Gasteiger partial charge in [-0.15, -0.1) is 0 Å². The molecule has 0 aromatic heterocycles. The highest BCUT2D eigenvalue weighted by Crippen LogP contribution is 2.27. The first-order valence-corrected chi connectivity index (χ1v) is 12.4. The standard InChI is InChI=1S/C28H39N3O6/c1-8-31(24(25(34)29-17(2)3)20-11-14-23(33)18(4)15-20)26(35)22(30-27(36)37-28(5,6)7)16-19-9-12-21(32)13-10-19/h9-15,17,22,24,32-33H,8,16H2,1-7H3,(H,29,34)(H,30,36). The summed E-state index contributed by atoms with van der Waals surface area (Å²) in [5.74, 6) is -0.694. The maximum Gasteiger partial charge on any atom is 0.408 e. The van der Waals surface area contributed by atoms with Crippen molar-refractivity contribution in [2.45, 2.75) is 78.6 Å². The number of hydrogen-bond acceptors (Lipinski definition) is 6. The number of hydrogen-bond donors (Lipinski definition) is 4. The SMILES string of the molecule is CCN(C(=O)C(Cc1ccc(O)cc1)NC(=O)OC(C)(C)C)C(C(=O)NC(C)C)c1ccc(O)c(C)c1. The molecule has 0 saturated heterocycles. The Bertz CT molecular complexity index is 1090. The van der Waals surface area contributed by atoms with Gasteiger partial charge in [-0.05, 0) is 89.4 Å². The summed E-state index contributed by atoms with van der Waals surface area (Å²) in [6.07, 6.45) is -0.647. The Kier molecular flexibility index (Phi) is 9.94. The zero-order chi connectivity index (χ0) is 27.9. The molecule has 0 aliphatic carbocycles. The van der Waals surface area contributed by atoms with Crippen LogP contribution in [0.3, 0.4) is 0 Å². The molecule has 0 radical (unpaired) electrons. The summed E-state index contributed by atoms with van der Waals surface area (Å²) in [6, 6.07) is 8.88. The van der Waals surface area contributed by atoms with Gasteiger partial charge in [0, 0.05) is 19.0 Å². The summed E-state index contributed by atoms with van der Waals surface area (Å²) in [5, 5.41) is 25.2. The molecule has 202 valence electrons. The van der Waals surface area contributed by atoms with Crippen molar-refractivity contribution in [2.24, 2.45) is 0 Å². The first kappa shape index (κ1) is 29.5. The van der Waals surface area contributed by atoms with Gasteiger partial charge in [0.05, 0.1) is 0 Å². The van der Waals surface area contributed by atoms with Crippen LogP contribution in [0, 0.1) is 6.92 Å². The van der Waals surface area contributed by atoms with Crippen molar-refractivity contribution < 1.29 is 29.3 Å². The van der Waals surface area contributed by atoms with Crippen LogP contribution in [0.15, 0.2) is 42.5 Å². The number of phenols is 2. The van der Waals surface area contributed by atoms with E-state index >= 15 is 0 Å². The summed E-state index contributed by atoms with van der Waals surface area (Å²) >= 11 is 0. The molecule has 9 nitrogen and oxygen atoms in total. The minimum Gasteiger partial charge on any atom is -0.508 e. The Labute approximate surface area is 218 Å². The maximum absolute atomic E-state index is 14.0. The Morgan fingerprint density at radius 2 is 1.62 bits per heavy atom. The Morgan fingerprint density at radius 3 is 2.14 bits per heavy atom. The number of carbonyl (C=O) groups is 3. The summed E-state index contributed by atoms with van der Waals surface area (Å²) in [4.78, 5) is 41.4. The van der Waals surface area contributed by atoms with Crippen molar-refractivity contribution in [2.75, 3.05) is 6.54 Å². The lowest BCUT2D eigenvalue weighted by atomic mass is 9.98. The summed E-state index contributed by atoms with van der Waals surface area (Å²) in [6.45, 7) is 12.5. The number of amides is 3. The second kappa shape index (κ2) is 12.5. The molecule has 37 heavy (non-hydrogen) atoms. The topological polar surface area (TPSA) is 128 Å².